The number of nitrogens with one attached hydrogen (secondary N) is 1. The lowest BCUT2D eigenvalue weighted by atomic mass is 10.2. The lowest BCUT2D eigenvalue weighted by Crippen LogP contribution is -2.13. The average Bonchev–Trinajstić information content (AvgIpc) is 2.47. The normalized spacial score (nSPS) is 9.50. The van der Waals surface area contributed by atoms with Gasteiger partial charge in [-0.1, -0.05) is 17.9 Å². The monoisotopic (exact) mass is 269 g/mol. The van der Waals surface area contributed by atoms with Crippen molar-refractivity contribution in [2.24, 2.45) is 5.73 Å². The summed E-state index contributed by atoms with van der Waals surface area (Å²) in [6.45, 7) is 0.164. The number of anilines is 1. The molecule has 2 rings (SSSR count). The fraction of sp³-hybridized carbons (Fsp3) is 0.0667. The lowest BCUT2D eigenvalue weighted by molar-refractivity contribution is 0.102. The van der Waals surface area contributed by atoms with E-state index in [1.807, 2.05) is 0 Å². The van der Waals surface area contributed by atoms with Crippen LogP contribution in [-0.2, 0) is 0 Å². The van der Waals surface area contributed by atoms with Gasteiger partial charge in [-0.2, -0.15) is 0 Å². The Morgan fingerprint density at radius 1 is 1.35 bits per heavy atom. The summed E-state index contributed by atoms with van der Waals surface area (Å²) in [4.78, 5) is 15.8. The van der Waals surface area contributed by atoms with Gasteiger partial charge in [0, 0.05) is 11.9 Å². The molecule has 2 aromatic rings. The van der Waals surface area contributed by atoms with Crippen molar-refractivity contribution in [3.8, 4) is 11.8 Å². The third-order valence-electron chi connectivity index (χ3n) is 2.45. The molecular formula is C15H12FN3O. The smallest absolute Gasteiger partial charge is 0.274 e. The first kappa shape index (κ1) is 13.7. The largest absolute Gasteiger partial charge is 0.321 e. The van der Waals surface area contributed by atoms with Crippen LogP contribution in [0.15, 0.2) is 42.6 Å². The number of carbonyl (C=O) groups is 1. The minimum absolute atomic E-state index is 0.164. The second-order valence-electron chi connectivity index (χ2n) is 3.87. The third-order valence-corrected chi connectivity index (χ3v) is 2.45. The van der Waals surface area contributed by atoms with Crippen molar-refractivity contribution in [1.82, 2.24) is 4.98 Å². The maximum Gasteiger partial charge on any atom is 0.274 e. The fourth-order valence-corrected chi connectivity index (χ4v) is 1.53. The molecule has 0 unspecified atom stereocenters. The summed E-state index contributed by atoms with van der Waals surface area (Å²) in [5, 5.41) is 2.57. The number of hydrogen-bond acceptors (Lipinski definition) is 3. The highest BCUT2D eigenvalue weighted by Crippen LogP contribution is 2.14. The van der Waals surface area contributed by atoms with Gasteiger partial charge in [0.1, 0.15) is 11.5 Å². The van der Waals surface area contributed by atoms with Gasteiger partial charge in [0.2, 0.25) is 0 Å². The molecule has 0 bridgehead atoms. The number of pyridine rings is 1. The molecule has 0 spiro atoms. The van der Waals surface area contributed by atoms with Crippen molar-refractivity contribution in [2.75, 3.05) is 11.9 Å². The zero-order chi connectivity index (χ0) is 14.4. The number of hydrogen-bond donors (Lipinski definition) is 2. The van der Waals surface area contributed by atoms with Crippen molar-refractivity contribution in [2.45, 2.75) is 0 Å². The van der Waals surface area contributed by atoms with E-state index >= 15 is 0 Å². The summed E-state index contributed by atoms with van der Waals surface area (Å²) < 4.78 is 13.7. The number of amides is 1. The summed E-state index contributed by atoms with van der Waals surface area (Å²) in [5.74, 6) is 4.27. The molecule has 5 heteroatoms. The molecule has 4 nitrogen and oxygen atoms in total. The van der Waals surface area contributed by atoms with Gasteiger partial charge < -0.3 is 11.1 Å². The summed E-state index contributed by atoms with van der Waals surface area (Å²) in [6, 6.07) is 9.26. The van der Waals surface area contributed by atoms with Gasteiger partial charge in [-0.15, -0.1) is 0 Å². The summed E-state index contributed by atoms with van der Waals surface area (Å²) in [6.07, 6.45) is 1.51. The average molecular weight is 269 g/mol. The van der Waals surface area contributed by atoms with E-state index in [1.54, 1.807) is 24.3 Å². The number of nitrogens with two attached hydrogens (primary N) is 1. The van der Waals surface area contributed by atoms with Crippen LogP contribution in [0.3, 0.4) is 0 Å². The van der Waals surface area contributed by atoms with E-state index in [0.29, 0.717) is 5.69 Å². The second-order valence-corrected chi connectivity index (χ2v) is 3.87. The Bertz CT molecular complexity index is 675. The molecule has 0 radical (unpaired) electrons. The first-order valence-corrected chi connectivity index (χ1v) is 5.91. The molecule has 0 fully saturated rings. The molecule has 0 aliphatic rings. The van der Waals surface area contributed by atoms with Crippen molar-refractivity contribution < 1.29 is 9.18 Å². The predicted molar refractivity (Wildman–Crippen MR) is 74.5 cm³/mol. The molecule has 1 aromatic heterocycles. The van der Waals surface area contributed by atoms with Crippen molar-refractivity contribution in [3.63, 3.8) is 0 Å². The molecule has 20 heavy (non-hydrogen) atoms. The number of nitrogens with zero attached hydrogens (tertiary/aromatic N) is 1. The van der Waals surface area contributed by atoms with Crippen LogP contribution >= 0.6 is 0 Å². The third kappa shape index (κ3) is 3.40. The van der Waals surface area contributed by atoms with E-state index in [0.717, 1.165) is 0 Å². The molecule has 100 valence electrons. The quantitative estimate of drug-likeness (QED) is 0.817. The molecule has 0 saturated carbocycles. The Kier molecular flexibility index (Phi) is 4.43. The van der Waals surface area contributed by atoms with Gasteiger partial charge in [0.05, 0.1) is 12.1 Å². The number of carbonyl (C=O) groups excluding carboxylic acids is 1. The Labute approximate surface area is 115 Å². The van der Waals surface area contributed by atoms with Gasteiger partial charge in [-0.3, -0.25) is 9.78 Å². The maximum absolute atomic E-state index is 13.7. The van der Waals surface area contributed by atoms with E-state index in [2.05, 4.69) is 22.1 Å². The Hall–Kier alpha value is -2.71. The fourth-order valence-electron chi connectivity index (χ4n) is 1.53. The van der Waals surface area contributed by atoms with Crippen molar-refractivity contribution in [1.29, 1.82) is 0 Å². The number of rotatable bonds is 2. The SMILES string of the molecule is NCC#Cc1ccc(NC(=O)c2ccccn2)cc1F. The van der Waals surface area contributed by atoms with Gasteiger partial charge in [-0.05, 0) is 30.3 Å². The zero-order valence-electron chi connectivity index (χ0n) is 10.6. The van der Waals surface area contributed by atoms with Crippen LogP contribution in [0.1, 0.15) is 16.1 Å². The number of halogens is 1. The van der Waals surface area contributed by atoms with Crippen LogP contribution in [0, 0.1) is 17.7 Å². The maximum atomic E-state index is 13.7. The first-order valence-electron chi connectivity index (χ1n) is 5.91. The van der Waals surface area contributed by atoms with Crippen LogP contribution in [-0.4, -0.2) is 17.4 Å². The van der Waals surface area contributed by atoms with E-state index in [1.165, 1.54) is 18.3 Å². The van der Waals surface area contributed by atoms with E-state index in [-0.39, 0.29) is 17.8 Å². The van der Waals surface area contributed by atoms with E-state index in [4.69, 9.17) is 5.73 Å². The Morgan fingerprint density at radius 3 is 2.85 bits per heavy atom. The molecule has 0 saturated heterocycles. The standard InChI is InChI=1S/C15H12FN3O/c16-13-10-12(7-6-11(13)4-3-8-17)19-15(20)14-5-1-2-9-18-14/h1-2,5-7,9-10H,8,17H2,(H,19,20). The summed E-state index contributed by atoms with van der Waals surface area (Å²) in [7, 11) is 0. The first-order chi connectivity index (χ1) is 9.70. The molecule has 1 heterocycles. The molecule has 0 atom stereocenters. The van der Waals surface area contributed by atoms with Crippen LogP contribution in [0.25, 0.3) is 0 Å². The van der Waals surface area contributed by atoms with Crippen LogP contribution < -0.4 is 11.1 Å². The molecule has 3 N–H and O–H groups in total. The van der Waals surface area contributed by atoms with Crippen molar-refractivity contribution in [3.05, 3.63) is 59.7 Å². The summed E-state index contributed by atoms with van der Waals surface area (Å²) >= 11 is 0. The molecule has 0 aliphatic heterocycles. The highest BCUT2D eigenvalue weighted by Gasteiger charge is 2.08. The second kappa shape index (κ2) is 6.45. The molecular weight excluding hydrogens is 257 g/mol. The van der Waals surface area contributed by atoms with Crippen LogP contribution in [0.2, 0.25) is 0 Å². The van der Waals surface area contributed by atoms with E-state index in [9.17, 15) is 9.18 Å². The Balaban J connectivity index is 2.15. The van der Waals surface area contributed by atoms with Gasteiger partial charge in [0.25, 0.3) is 5.91 Å². The van der Waals surface area contributed by atoms with E-state index < -0.39 is 11.7 Å². The lowest BCUT2D eigenvalue weighted by Gasteiger charge is -2.05. The van der Waals surface area contributed by atoms with Gasteiger partial charge in [-0.25, -0.2) is 4.39 Å². The Morgan fingerprint density at radius 2 is 2.20 bits per heavy atom. The molecule has 1 amide bonds. The molecule has 1 aromatic carbocycles. The number of benzene rings is 1. The summed E-state index contributed by atoms with van der Waals surface area (Å²) in [5.41, 5.74) is 6.08. The van der Waals surface area contributed by atoms with Crippen molar-refractivity contribution >= 4 is 11.6 Å². The van der Waals surface area contributed by atoms with Crippen LogP contribution in [0.4, 0.5) is 10.1 Å². The van der Waals surface area contributed by atoms with Gasteiger partial charge >= 0.3 is 0 Å². The predicted octanol–water partition coefficient (Wildman–Crippen LogP) is 1.78. The zero-order valence-corrected chi connectivity index (χ0v) is 10.6. The topological polar surface area (TPSA) is 68.0 Å². The minimum Gasteiger partial charge on any atom is -0.321 e. The number of aromatic nitrogens is 1. The molecule has 0 aliphatic carbocycles. The highest BCUT2D eigenvalue weighted by atomic mass is 19.1. The van der Waals surface area contributed by atoms with Gasteiger partial charge in [0.15, 0.2) is 0 Å². The minimum atomic E-state index is -0.509. The van der Waals surface area contributed by atoms with Crippen LogP contribution in [0.5, 0.6) is 0 Å². The highest BCUT2D eigenvalue weighted by molar-refractivity contribution is 6.02.